The summed E-state index contributed by atoms with van der Waals surface area (Å²) in [6.07, 6.45) is 1.93. The van der Waals surface area contributed by atoms with Crippen LogP contribution in [-0.4, -0.2) is 57.5 Å². The molecule has 3 heterocycles. The van der Waals surface area contributed by atoms with Gasteiger partial charge in [-0.15, -0.1) is 0 Å². The van der Waals surface area contributed by atoms with E-state index < -0.39 is 18.0 Å². The lowest BCUT2D eigenvalue weighted by Gasteiger charge is -2.32. The average molecular weight is 476 g/mol. The van der Waals surface area contributed by atoms with Crippen molar-refractivity contribution in [3.8, 4) is 5.69 Å². The van der Waals surface area contributed by atoms with E-state index in [1.165, 1.54) is 12.1 Å². The minimum atomic E-state index is -4.37. The lowest BCUT2D eigenvalue weighted by molar-refractivity contribution is -0.137. The smallest absolute Gasteiger partial charge is 0.337 e. The predicted octanol–water partition coefficient (Wildman–Crippen LogP) is 3.73. The Hall–Kier alpha value is -3.34. The van der Waals surface area contributed by atoms with Crippen molar-refractivity contribution in [2.45, 2.75) is 45.3 Å². The molecule has 0 saturated carbocycles. The van der Waals surface area contributed by atoms with E-state index in [2.05, 4.69) is 34.5 Å². The number of carbonyl (C=O) groups excluding carboxylic acids is 1. The molecule has 34 heavy (non-hydrogen) atoms. The fraction of sp³-hybridized carbons (Fsp3) is 0.435. The molecule has 1 aromatic heterocycles. The molecule has 3 atom stereocenters. The minimum absolute atomic E-state index is 0.0558. The maximum absolute atomic E-state index is 12.8. The molecule has 1 unspecified atom stereocenters. The van der Waals surface area contributed by atoms with Crippen molar-refractivity contribution < 1.29 is 18.0 Å². The van der Waals surface area contributed by atoms with Crippen molar-refractivity contribution in [1.29, 1.82) is 0 Å². The van der Waals surface area contributed by atoms with Crippen molar-refractivity contribution in [2.75, 3.05) is 13.6 Å². The summed E-state index contributed by atoms with van der Waals surface area (Å²) < 4.78 is 40.1. The number of halogens is 3. The Kier molecular flexibility index (Phi) is 6.39. The normalized spacial score (nSPS) is 21.8. The molecule has 2 aromatic rings. The number of urea groups is 1. The van der Waals surface area contributed by atoms with Gasteiger partial charge in [-0.2, -0.15) is 13.2 Å². The summed E-state index contributed by atoms with van der Waals surface area (Å²) >= 11 is 0. The second kappa shape index (κ2) is 9.13. The zero-order valence-electron chi connectivity index (χ0n) is 19.4. The molecule has 1 saturated heterocycles. The van der Waals surface area contributed by atoms with Crippen LogP contribution in [0, 0.1) is 5.92 Å². The van der Waals surface area contributed by atoms with Crippen molar-refractivity contribution in [3.05, 3.63) is 59.9 Å². The maximum atomic E-state index is 12.8. The third-order valence-electron chi connectivity index (χ3n) is 6.05. The standard InChI is InChI=1S/C23H28F3N7O/c1-14(2)19-12-31(4)22(34)33(19)20-9-10-27-21(30-20)29-15(3)18-11-32(13-28-18)17-7-5-16(6-8-17)23(24,25)26/h5-11,13-15,19,21,29-30H,12H2,1-4H3/t15-,19+,21?/m0/s1. The SMILES string of the molecule is CC(C)[C@H]1CN(C)C(=O)N1C1=CC=NC(N[C@@H](C)c2cn(-c3ccc(C(F)(F)F)cc3)cn2)N1. The second-order valence-electron chi connectivity index (χ2n) is 8.88. The number of hydrogen-bond acceptors (Lipinski definition) is 5. The van der Waals surface area contributed by atoms with Gasteiger partial charge in [0.15, 0.2) is 6.29 Å². The molecule has 2 aliphatic rings. The van der Waals surface area contributed by atoms with Gasteiger partial charge in [0.05, 0.1) is 29.7 Å². The fourth-order valence-corrected chi connectivity index (χ4v) is 4.06. The Labute approximate surface area is 196 Å². The second-order valence-corrected chi connectivity index (χ2v) is 8.88. The van der Waals surface area contributed by atoms with Gasteiger partial charge in [0, 0.05) is 31.7 Å². The number of likely N-dealkylation sites (N-methyl/N-ethyl adjacent to an activating group) is 1. The minimum Gasteiger partial charge on any atom is -0.337 e. The molecule has 11 heteroatoms. The largest absolute Gasteiger partial charge is 0.416 e. The summed E-state index contributed by atoms with van der Waals surface area (Å²) in [7, 11) is 1.79. The van der Waals surface area contributed by atoms with Gasteiger partial charge in [-0.3, -0.25) is 15.2 Å². The number of amides is 2. The van der Waals surface area contributed by atoms with Gasteiger partial charge in [0.2, 0.25) is 0 Å². The van der Waals surface area contributed by atoms with Crippen molar-refractivity contribution in [2.24, 2.45) is 10.9 Å². The van der Waals surface area contributed by atoms with E-state index in [0.717, 1.165) is 12.1 Å². The molecule has 1 aromatic carbocycles. The Morgan fingerprint density at radius 2 is 1.88 bits per heavy atom. The molecular weight excluding hydrogens is 447 g/mol. The number of imidazole rings is 1. The summed E-state index contributed by atoms with van der Waals surface area (Å²) in [5, 5.41) is 6.61. The summed E-state index contributed by atoms with van der Waals surface area (Å²) in [6.45, 7) is 6.75. The van der Waals surface area contributed by atoms with Crippen LogP contribution in [0.25, 0.3) is 5.69 Å². The zero-order valence-corrected chi connectivity index (χ0v) is 19.4. The van der Waals surface area contributed by atoms with E-state index in [-0.39, 0.29) is 24.0 Å². The number of rotatable bonds is 6. The molecular formula is C23H28F3N7O. The first-order chi connectivity index (χ1) is 16.0. The van der Waals surface area contributed by atoms with Gasteiger partial charge in [0.25, 0.3) is 0 Å². The number of aliphatic imine (C=N–C) groups is 1. The van der Waals surface area contributed by atoms with E-state index in [1.807, 2.05) is 6.92 Å². The Bertz CT molecular complexity index is 1090. The predicted molar refractivity (Wildman–Crippen MR) is 122 cm³/mol. The lowest BCUT2D eigenvalue weighted by Crippen LogP contribution is -2.50. The van der Waals surface area contributed by atoms with Crippen molar-refractivity contribution >= 4 is 12.2 Å². The van der Waals surface area contributed by atoms with Crippen LogP contribution >= 0.6 is 0 Å². The Morgan fingerprint density at radius 3 is 2.53 bits per heavy atom. The van der Waals surface area contributed by atoms with Crippen LogP contribution in [0.5, 0.6) is 0 Å². The lowest BCUT2D eigenvalue weighted by atomic mass is 10.0. The van der Waals surface area contributed by atoms with Gasteiger partial charge in [-0.25, -0.2) is 9.78 Å². The molecule has 182 valence electrons. The van der Waals surface area contributed by atoms with E-state index in [1.54, 1.807) is 46.2 Å². The number of carbonyl (C=O) groups is 1. The number of alkyl halides is 3. The molecule has 0 aliphatic carbocycles. The number of nitrogens with one attached hydrogen (secondary N) is 2. The average Bonchev–Trinajstić information content (AvgIpc) is 3.39. The third-order valence-corrected chi connectivity index (χ3v) is 6.05. The maximum Gasteiger partial charge on any atom is 0.416 e. The van der Waals surface area contributed by atoms with Crippen LogP contribution in [-0.2, 0) is 6.18 Å². The highest BCUT2D eigenvalue weighted by molar-refractivity contribution is 5.81. The molecule has 0 radical (unpaired) electrons. The first kappa shape index (κ1) is 23.8. The van der Waals surface area contributed by atoms with E-state index >= 15 is 0 Å². The highest BCUT2D eigenvalue weighted by atomic mass is 19.4. The van der Waals surface area contributed by atoms with Gasteiger partial charge in [-0.05, 0) is 43.2 Å². The highest BCUT2D eigenvalue weighted by Gasteiger charge is 2.40. The molecule has 0 spiro atoms. The molecule has 8 nitrogen and oxygen atoms in total. The molecule has 2 amide bonds. The van der Waals surface area contributed by atoms with E-state index in [4.69, 9.17) is 0 Å². The third kappa shape index (κ3) is 4.79. The fourth-order valence-electron chi connectivity index (χ4n) is 4.06. The number of hydrogen-bond donors (Lipinski definition) is 2. The van der Waals surface area contributed by atoms with E-state index in [9.17, 15) is 18.0 Å². The van der Waals surface area contributed by atoms with Gasteiger partial charge in [-0.1, -0.05) is 13.8 Å². The van der Waals surface area contributed by atoms with Crippen molar-refractivity contribution in [3.63, 3.8) is 0 Å². The number of nitrogens with zero attached hydrogens (tertiary/aromatic N) is 5. The van der Waals surface area contributed by atoms with Crippen LogP contribution in [0.15, 0.2) is 53.7 Å². The number of aromatic nitrogens is 2. The molecule has 0 bridgehead atoms. The van der Waals surface area contributed by atoms with Gasteiger partial charge in [0.1, 0.15) is 5.82 Å². The Morgan fingerprint density at radius 1 is 1.18 bits per heavy atom. The molecule has 1 fully saturated rings. The summed E-state index contributed by atoms with van der Waals surface area (Å²) in [6, 6.07) is 4.69. The summed E-state index contributed by atoms with van der Waals surface area (Å²) in [5.74, 6) is 0.970. The number of allylic oxidation sites excluding steroid dienone is 1. The quantitative estimate of drug-likeness (QED) is 0.668. The van der Waals surface area contributed by atoms with E-state index in [0.29, 0.717) is 23.7 Å². The van der Waals surface area contributed by atoms with Gasteiger partial charge >= 0.3 is 12.2 Å². The summed E-state index contributed by atoms with van der Waals surface area (Å²) in [4.78, 5) is 25.0. The highest BCUT2D eigenvalue weighted by Crippen LogP contribution is 2.30. The molecule has 4 rings (SSSR count). The van der Waals surface area contributed by atoms with Crippen LogP contribution < -0.4 is 10.6 Å². The molecule has 2 N–H and O–H groups in total. The van der Waals surface area contributed by atoms with Gasteiger partial charge < -0.3 is 14.8 Å². The first-order valence-corrected chi connectivity index (χ1v) is 11.1. The monoisotopic (exact) mass is 475 g/mol. The van der Waals surface area contributed by atoms with Crippen molar-refractivity contribution in [1.82, 2.24) is 30.0 Å². The van der Waals surface area contributed by atoms with Crippen LogP contribution in [0.3, 0.4) is 0 Å². The first-order valence-electron chi connectivity index (χ1n) is 11.1. The van der Waals surface area contributed by atoms with Crippen LogP contribution in [0.1, 0.15) is 38.1 Å². The zero-order chi connectivity index (χ0) is 24.6. The molecule has 2 aliphatic heterocycles. The van der Waals surface area contributed by atoms with Crippen LogP contribution in [0.2, 0.25) is 0 Å². The number of benzene rings is 1. The summed E-state index contributed by atoms with van der Waals surface area (Å²) in [5.41, 5.74) is 0.582. The van der Waals surface area contributed by atoms with Crippen LogP contribution in [0.4, 0.5) is 18.0 Å². The Balaban J connectivity index is 1.42. The topological polar surface area (TPSA) is 77.8 Å².